The monoisotopic (exact) mass is 673 g/mol. The maximum absolute atomic E-state index is 13.3. The molecule has 0 fully saturated rings. The average Bonchev–Trinajstić information content (AvgIpc) is 3.38. The number of carbonyl (C=O) groups is 2. The summed E-state index contributed by atoms with van der Waals surface area (Å²) in [6.45, 7) is 7.26. The summed E-state index contributed by atoms with van der Waals surface area (Å²) in [5, 5.41) is 9.50. The fourth-order valence-corrected chi connectivity index (χ4v) is 6.90. The van der Waals surface area contributed by atoms with Crippen molar-refractivity contribution in [1.29, 1.82) is 0 Å². The van der Waals surface area contributed by atoms with E-state index in [4.69, 9.17) is 31.2 Å². The Morgan fingerprint density at radius 1 is 1.19 bits per heavy atom. The van der Waals surface area contributed by atoms with Crippen molar-refractivity contribution in [2.75, 3.05) is 31.6 Å². The highest BCUT2D eigenvalue weighted by atomic mass is 79.9. The number of anilines is 1. The quantitative estimate of drug-likeness (QED) is 0.226. The highest BCUT2D eigenvalue weighted by Crippen LogP contribution is 2.45. The molecule has 0 saturated carbocycles. The molecule has 0 saturated heterocycles. The van der Waals surface area contributed by atoms with Gasteiger partial charge in [-0.05, 0) is 78.9 Å². The van der Waals surface area contributed by atoms with Gasteiger partial charge >= 0.3 is 0 Å². The van der Waals surface area contributed by atoms with Gasteiger partial charge in [0.05, 0.1) is 11.1 Å². The lowest BCUT2D eigenvalue weighted by molar-refractivity contribution is -0.133. The number of ether oxygens (including phenoxy) is 2. The molecule has 1 unspecified atom stereocenters. The summed E-state index contributed by atoms with van der Waals surface area (Å²) in [4.78, 5) is 32.5. The van der Waals surface area contributed by atoms with Crippen LogP contribution in [0.3, 0.4) is 0 Å². The lowest BCUT2D eigenvalue weighted by Gasteiger charge is -2.32. The van der Waals surface area contributed by atoms with Gasteiger partial charge in [0.1, 0.15) is 6.04 Å². The fraction of sp³-hybridized carbons (Fsp3) is 0.400. The minimum absolute atomic E-state index is 0.0828. The molecule has 2 heterocycles. The number of hydrogen-bond acceptors (Lipinski definition) is 8. The van der Waals surface area contributed by atoms with E-state index in [9.17, 15) is 9.59 Å². The molecular weight excluding hydrogens is 642 g/mol. The van der Waals surface area contributed by atoms with Crippen LogP contribution in [-0.2, 0) is 15.3 Å². The minimum atomic E-state index is -0.506. The third-order valence-corrected chi connectivity index (χ3v) is 9.11. The van der Waals surface area contributed by atoms with Gasteiger partial charge in [0, 0.05) is 41.6 Å². The molecule has 0 radical (unpaired) electrons. The number of nitrogens with zero attached hydrogens (tertiary/aromatic N) is 4. The van der Waals surface area contributed by atoms with Gasteiger partial charge < -0.3 is 19.7 Å². The number of allylic oxidation sites excluding steroid dienone is 2. The number of amides is 1. The summed E-state index contributed by atoms with van der Waals surface area (Å²) >= 11 is 11.5. The van der Waals surface area contributed by atoms with Crippen molar-refractivity contribution in [3.63, 3.8) is 0 Å². The van der Waals surface area contributed by atoms with E-state index in [2.05, 4.69) is 21.2 Å². The number of ketones is 1. The van der Waals surface area contributed by atoms with Crippen molar-refractivity contribution in [2.24, 2.45) is 0 Å². The Morgan fingerprint density at radius 3 is 2.71 bits per heavy atom. The Balaban J connectivity index is 1.50. The van der Waals surface area contributed by atoms with Gasteiger partial charge in [-0.15, -0.1) is 5.10 Å². The van der Waals surface area contributed by atoms with E-state index in [0.717, 1.165) is 29.7 Å². The van der Waals surface area contributed by atoms with Crippen molar-refractivity contribution in [3.8, 4) is 11.5 Å². The number of likely N-dealkylation sites (N-methyl/N-ethyl adjacent to an activating group) is 1. The van der Waals surface area contributed by atoms with Crippen molar-refractivity contribution >= 4 is 56.9 Å². The highest BCUT2D eigenvalue weighted by Gasteiger charge is 2.37. The van der Waals surface area contributed by atoms with E-state index < -0.39 is 6.04 Å². The number of halogens is 2. The Hall–Kier alpha value is -3.02. The maximum atomic E-state index is 13.3. The van der Waals surface area contributed by atoms with Gasteiger partial charge in [-0.1, -0.05) is 41.6 Å². The van der Waals surface area contributed by atoms with Crippen LogP contribution in [0.4, 0.5) is 5.95 Å². The third kappa shape index (κ3) is 6.33. The van der Waals surface area contributed by atoms with Gasteiger partial charge in [0.25, 0.3) is 5.91 Å². The van der Waals surface area contributed by atoms with E-state index in [1.807, 2.05) is 57.2 Å². The smallest absolute Gasteiger partial charge is 0.260 e. The third-order valence-electron chi connectivity index (χ3n) is 7.27. The van der Waals surface area contributed by atoms with E-state index >= 15 is 0 Å². The topological polar surface area (TPSA) is 98.6 Å². The number of thioether (sulfide) groups is 1. The van der Waals surface area contributed by atoms with Gasteiger partial charge in [-0.25, -0.2) is 4.68 Å². The SMILES string of the molecule is CCOc1cc(C2C3=C(CCCC3=O)Nc3nc(SCc4ccccc4Cl)nn32)cc(Br)c1OCC(=O)N(CC)CC. The first-order valence-corrected chi connectivity index (χ1v) is 16.2. The van der Waals surface area contributed by atoms with Crippen molar-refractivity contribution in [3.05, 3.63) is 68.3 Å². The molecule has 2 aromatic carbocycles. The summed E-state index contributed by atoms with van der Waals surface area (Å²) in [7, 11) is 0. The second-order valence-corrected chi connectivity index (χ2v) is 12.1. The first-order valence-electron chi connectivity index (χ1n) is 14.1. The maximum Gasteiger partial charge on any atom is 0.260 e. The van der Waals surface area contributed by atoms with Crippen LogP contribution in [0.2, 0.25) is 5.02 Å². The van der Waals surface area contributed by atoms with E-state index in [0.29, 0.717) is 69.5 Å². The second kappa shape index (κ2) is 13.5. The zero-order chi connectivity index (χ0) is 29.8. The van der Waals surface area contributed by atoms with Crippen LogP contribution in [0.15, 0.2) is 57.3 Å². The molecular formula is C30H33BrClN5O4S. The molecule has 1 aliphatic heterocycles. The van der Waals surface area contributed by atoms with Gasteiger partial charge in [-0.2, -0.15) is 4.98 Å². The molecule has 5 rings (SSSR count). The molecule has 42 heavy (non-hydrogen) atoms. The number of benzene rings is 2. The number of rotatable bonds is 11. The highest BCUT2D eigenvalue weighted by molar-refractivity contribution is 9.10. The molecule has 0 bridgehead atoms. The van der Waals surface area contributed by atoms with Crippen molar-refractivity contribution < 1.29 is 19.1 Å². The lowest BCUT2D eigenvalue weighted by atomic mass is 9.85. The van der Waals surface area contributed by atoms with Crippen LogP contribution < -0.4 is 14.8 Å². The van der Waals surface area contributed by atoms with E-state index in [-0.39, 0.29) is 18.3 Å². The molecule has 1 atom stereocenters. The lowest BCUT2D eigenvalue weighted by Crippen LogP contribution is -2.34. The van der Waals surface area contributed by atoms with Crippen LogP contribution in [0.1, 0.15) is 57.2 Å². The number of Topliss-reactive ketones (excluding diaryl/α,β-unsaturated/α-hetero) is 1. The molecule has 3 aromatic rings. The first kappa shape index (κ1) is 30.4. The largest absolute Gasteiger partial charge is 0.490 e. The standard InChI is InChI=1S/C30H33BrClN5O4S/c1-4-36(5-2)25(39)16-41-28-20(31)14-19(15-24(28)40-6-3)27-26-22(12-9-13-23(26)38)33-29-34-30(35-37(27)29)42-17-18-10-7-8-11-21(18)32/h7-8,10-11,14-15,27H,4-6,9,12-13,16-17H2,1-3H3,(H,33,34,35). The van der Waals surface area contributed by atoms with Crippen LogP contribution in [-0.4, -0.2) is 57.7 Å². The summed E-state index contributed by atoms with van der Waals surface area (Å²) in [6.07, 6.45) is 2.00. The molecule has 1 amide bonds. The van der Waals surface area contributed by atoms with Gasteiger partial charge in [-0.3, -0.25) is 9.59 Å². The zero-order valence-corrected chi connectivity index (χ0v) is 26.9. The predicted molar refractivity (Wildman–Crippen MR) is 167 cm³/mol. The van der Waals surface area contributed by atoms with Gasteiger partial charge in [0.15, 0.2) is 23.9 Å². The zero-order valence-electron chi connectivity index (χ0n) is 23.8. The molecule has 222 valence electrons. The van der Waals surface area contributed by atoms with Crippen molar-refractivity contribution in [1.82, 2.24) is 19.7 Å². The van der Waals surface area contributed by atoms with Crippen LogP contribution >= 0.6 is 39.3 Å². The molecule has 12 heteroatoms. The number of carbonyl (C=O) groups excluding carboxylic acids is 2. The molecule has 2 aliphatic rings. The number of aromatic nitrogens is 3. The van der Waals surface area contributed by atoms with Gasteiger partial charge in [0.2, 0.25) is 11.1 Å². The predicted octanol–water partition coefficient (Wildman–Crippen LogP) is 6.65. The summed E-state index contributed by atoms with van der Waals surface area (Å²) in [5.41, 5.74) is 3.35. The normalized spacial score (nSPS) is 16.0. The Kier molecular flexibility index (Phi) is 9.80. The molecule has 9 nitrogen and oxygen atoms in total. The summed E-state index contributed by atoms with van der Waals surface area (Å²) < 4.78 is 14.4. The minimum Gasteiger partial charge on any atom is -0.490 e. The van der Waals surface area contributed by atoms with E-state index in [1.165, 1.54) is 11.8 Å². The molecule has 1 N–H and O–H groups in total. The Labute approximate surface area is 263 Å². The first-order chi connectivity index (χ1) is 20.3. The summed E-state index contributed by atoms with van der Waals surface area (Å²) in [5.74, 6) is 2.09. The molecule has 1 aliphatic carbocycles. The summed E-state index contributed by atoms with van der Waals surface area (Å²) in [6, 6.07) is 11.0. The number of nitrogens with one attached hydrogen (secondary N) is 1. The van der Waals surface area contributed by atoms with Crippen molar-refractivity contribution in [2.45, 2.75) is 57.0 Å². The Bertz CT molecular complexity index is 1520. The van der Waals surface area contributed by atoms with Crippen LogP contribution in [0.5, 0.6) is 11.5 Å². The Morgan fingerprint density at radius 2 is 1.98 bits per heavy atom. The van der Waals surface area contributed by atoms with Crippen LogP contribution in [0, 0.1) is 0 Å². The average molecular weight is 675 g/mol. The second-order valence-electron chi connectivity index (χ2n) is 9.86. The molecule has 0 spiro atoms. The van der Waals surface area contributed by atoms with E-state index in [1.54, 1.807) is 9.58 Å². The number of fused-ring (bicyclic) bond motifs is 1. The van der Waals surface area contributed by atoms with Crippen LogP contribution in [0.25, 0.3) is 0 Å². The fourth-order valence-electron chi connectivity index (χ4n) is 5.21. The number of hydrogen-bond donors (Lipinski definition) is 1. The molecule has 1 aromatic heterocycles.